The van der Waals surface area contributed by atoms with Gasteiger partial charge in [0.25, 0.3) is 0 Å². The first-order chi connectivity index (χ1) is 11.6. The van der Waals surface area contributed by atoms with Crippen molar-refractivity contribution in [2.75, 3.05) is 18.4 Å². The summed E-state index contributed by atoms with van der Waals surface area (Å²) in [6.07, 6.45) is 0.935. The van der Waals surface area contributed by atoms with Crippen molar-refractivity contribution in [3.8, 4) is 0 Å². The number of carbonyl (C=O) groups is 1. The summed E-state index contributed by atoms with van der Waals surface area (Å²) in [4.78, 5) is 13.9. The Kier molecular flexibility index (Phi) is 5.11. The molecule has 0 saturated carbocycles. The first-order valence-electron chi connectivity index (χ1n) is 8.18. The van der Waals surface area contributed by atoms with Gasteiger partial charge in [0.05, 0.1) is 11.8 Å². The summed E-state index contributed by atoms with van der Waals surface area (Å²) >= 11 is 0. The monoisotopic (exact) mass is 328 g/mol. The van der Waals surface area contributed by atoms with E-state index in [1.165, 1.54) is 6.07 Å². The van der Waals surface area contributed by atoms with Gasteiger partial charge in [0.1, 0.15) is 5.82 Å². The zero-order valence-corrected chi connectivity index (χ0v) is 13.4. The van der Waals surface area contributed by atoms with Gasteiger partial charge in [-0.1, -0.05) is 42.5 Å². The van der Waals surface area contributed by atoms with Crippen molar-refractivity contribution in [2.45, 2.75) is 18.9 Å². The van der Waals surface area contributed by atoms with Gasteiger partial charge in [-0.2, -0.15) is 0 Å². The Balaban J connectivity index is 1.55. The van der Waals surface area contributed by atoms with Crippen LogP contribution in [0.5, 0.6) is 0 Å². The Morgan fingerprint density at radius 3 is 2.38 bits per heavy atom. The molecule has 0 aromatic heterocycles. The number of likely N-dealkylation sites (tertiary alicyclic amines) is 1. The molecule has 1 aliphatic rings. The minimum Gasteiger partial charge on any atom is -0.388 e. The van der Waals surface area contributed by atoms with Gasteiger partial charge in [0.2, 0.25) is 0 Å². The third kappa shape index (κ3) is 3.74. The summed E-state index contributed by atoms with van der Waals surface area (Å²) in [7, 11) is 0. The van der Waals surface area contributed by atoms with Gasteiger partial charge in [0.15, 0.2) is 0 Å². The zero-order chi connectivity index (χ0) is 16.9. The summed E-state index contributed by atoms with van der Waals surface area (Å²) in [6.45, 7) is 1.10. The van der Waals surface area contributed by atoms with Crippen LogP contribution < -0.4 is 5.32 Å². The standard InChI is InChI=1S/C19H21FN2O2/c20-16-8-4-5-9-17(16)21-19(24)22-12-10-15(11-13-22)18(23)14-6-2-1-3-7-14/h1-9,15,18,23H,10-13H2,(H,21,24). The molecule has 126 valence electrons. The van der Waals surface area contributed by atoms with Crippen LogP contribution in [0.4, 0.5) is 14.9 Å². The maximum atomic E-state index is 13.6. The molecule has 1 saturated heterocycles. The first kappa shape index (κ1) is 16.5. The second kappa shape index (κ2) is 7.45. The fourth-order valence-electron chi connectivity index (χ4n) is 3.10. The molecule has 3 rings (SSSR count). The van der Waals surface area contributed by atoms with Crippen molar-refractivity contribution in [2.24, 2.45) is 5.92 Å². The van der Waals surface area contributed by atoms with E-state index in [-0.39, 0.29) is 17.6 Å². The van der Waals surface area contributed by atoms with Crippen molar-refractivity contribution in [3.05, 3.63) is 66.0 Å². The lowest BCUT2D eigenvalue weighted by molar-refractivity contribution is 0.0683. The van der Waals surface area contributed by atoms with Gasteiger partial charge < -0.3 is 15.3 Å². The van der Waals surface area contributed by atoms with Gasteiger partial charge in [0, 0.05) is 13.1 Å². The van der Waals surface area contributed by atoms with Crippen molar-refractivity contribution in [1.29, 1.82) is 0 Å². The number of benzene rings is 2. The highest BCUT2D eigenvalue weighted by Crippen LogP contribution is 2.30. The van der Waals surface area contributed by atoms with Gasteiger partial charge in [-0.15, -0.1) is 0 Å². The van der Waals surface area contributed by atoms with Crippen LogP contribution in [0.25, 0.3) is 0 Å². The van der Waals surface area contributed by atoms with Crippen molar-refractivity contribution in [3.63, 3.8) is 0 Å². The number of halogens is 1. The van der Waals surface area contributed by atoms with E-state index in [1.54, 1.807) is 23.1 Å². The number of amides is 2. The van der Waals surface area contributed by atoms with E-state index in [2.05, 4.69) is 5.32 Å². The Morgan fingerprint density at radius 2 is 1.71 bits per heavy atom. The summed E-state index contributed by atoms with van der Waals surface area (Å²) in [5.41, 5.74) is 1.10. The van der Waals surface area contributed by atoms with Crippen LogP contribution in [0, 0.1) is 11.7 Å². The number of rotatable bonds is 3. The average Bonchev–Trinajstić information content (AvgIpc) is 2.64. The first-order valence-corrected chi connectivity index (χ1v) is 8.18. The molecule has 0 radical (unpaired) electrons. The molecule has 0 spiro atoms. The normalized spacial score (nSPS) is 16.7. The highest BCUT2D eigenvalue weighted by Gasteiger charge is 2.28. The molecule has 0 aliphatic carbocycles. The number of carbonyl (C=O) groups excluding carboxylic acids is 1. The van der Waals surface area contributed by atoms with Crippen LogP contribution in [-0.4, -0.2) is 29.1 Å². The van der Waals surface area contributed by atoms with Gasteiger partial charge in [-0.05, 0) is 36.5 Å². The molecule has 2 N–H and O–H groups in total. The number of nitrogens with one attached hydrogen (secondary N) is 1. The Morgan fingerprint density at radius 1 is 1.08 bits per heavy atom. The predicted octanol–water partition coefficient (Wildman–Crippen LogP) is 3.80. The number of nitrogens with zero attached hydrogens (tertiary/aromatic N) is 1. The fourth-order valence-corrected chi connectivity index (χ4v) is 3.10. The molecule has 1 fully saturated rings. The van der Waals surface area contributed by atoms with E-state index in [0.717, 1.165) is 18.4 Å². The van der Waals surface area contributed by atoms with Gasteiger partial charge in [-0.3, -0.25) is 0 Å². The van der Waals surface area contributed by atoms with Crippen molar-refractivity contribution in [1.82, 2.24) is 4.90 Å². The van der Waals surface area contributed by atoms with Gasteiger partial charge in [-0.25, -0.2) is 9.18 Å². The molecule has 0 bridgehead atoms. The van der Waals surface area contributed by atoms with E-state index < -0.39 is 11.9 Å². The molecule has 2 aromatic carbocycles. The Labute approximate surface area is 140 Å². The molecule has 2 amide bonds. The van der Waals surface area contributed by atoms with E-state index in [1.807, 2.05) is 30.3 Å². The van der Waals surface area contributed by atoms with E-state index >= 15 is 0 Å². The van der Waals surface area contributed by atoms with Crippen LogP contribution in [0.15, 0.2) is 54.6 Å². The molecule has 1 heterocycles. The number of urea groups is 1. The highest BCUT2D eigenvalue weighted by atomic mass is 19.1. The molecule has 5 heteroatoms. The lowest BCUT2D eigenvalue weighted by Gasteiger charge is -2.34. The number of anilines is 1. The Bertz CT molecular complexity index is 685. The number of hydrogen-bond acceptors (Lipinski definition) is 2. The van der Waals surface area contributed by atoms with Crippen LogP contribution in [-0.2, 0) is 0 Å². The summed E-state index contributed by atoms with van der Waals surface area (Å²) in [6, 6.07) is 15.4. The molecule has 2 aromatic rings. The molecule has 1 aliphatic heterocycles. The molecule has 4 nitrogen and oxygen atoms in total. The molecule has 24 heavy (non-hydrogen) atoms. The molecule has 1 atom stereocenters. The SMILES string of the molecule is O=C(Nc1ccccc1F)N1CCC(C(O)c2ccccc2)CC1. The average molecular weight is 328 g/mol. The summed E-state index contributed by atoms with van der Waals surface area (Å²) < 4.78 is 13.6. The minimum absolute atomic E-state index is 0.130. The second-order valence-corrected chi connectivity index (χ2v) is 6.09. The molecular formula is C19H21FN2O2. The molecule has 1 unspecified atom stereocenters. The predicted molar refractivity (Wildman–Crippen MR) is 91.1 cm³/mol. The number of aliphatic hydroxyl groups excluding tert-OH is 1. The van der Waals surface area contributed by atoms with E-state index in [4.69, 9.17) is 0 Å². The van der Waals surface area contributed by atoms with E-state index in [0.29, 0.717) is 13.1 Å². The number of para-hydroxylation sites is 1. The third-order valence-corrected chi connectivity index (χ3v) is 4.53. The number of piperidine rings is 1. The Hall–Kier alpha value is -2.40. The minimum atomic E-state index is -0.511. The quantitative estimate of drug-likeness (QED) is 0.900. The largest absolute Gasteiger partial charge is 0.388 e. The maximum absolute atomic E-state index is 13.6. The van der Waals surface area contributed by atoms with Crippen molar-refractivity contribution < 1.29 is 14.3 Å². The fraction of sp³-hybridized carbons (Fsp3) is 0.316. The van der Waals surface area contributed by atoms with Crippen LogP contribution in [0.2, 0.25) is 0 Å². The zero-order valence-electron chi connectivity index (χ0n) is 13.4. The van der Waals surface area contributed by atoms with Crippen molar-refractivity contribution >= 4 is 11.7 Å². The number of hydrogen-bond donors (Lipinski definition) is 2. The van der Waals surface area contributed by atoms with Crippen LogP contribution >= 0.6 is 0 Å². The number of aliphatic hydroxyl groups is 1. The summed E-state index contributed by atoms with van der Waals surface area (Å²) in [5, 5.41) is 13.1. The highest BCUT2D eigenvalue weighted by molar-refractivity contribution is 5.89. The van der Waals surface area contributed by atoms with E-state index in [9.17, 15) is 14.3 Å². The maximum Gasteiger partial charge on any atom is 0.321 e. The van der Waals surface area contributed by atoms with Crippen LogP contribution in [0.1, 0.15) is 24.5 Å². The lowest BCUT2D eigenvalue weighted by atomic mass is 9.87. The second-order valence-electron chi connectivity index (χ2n) is 6.09. The molecular weight excluding hydrogens is 307 g/mol. The van der Waals surface area contributed by atoms with Gasteiger partial charge >= 0.3 is 6.03 Å². The lowest BCUT2D eigenvalue weighted by Crippen LogP contribution is -2.42. The van der Waals surface area contributed by atoms with Crippen LogP contribution in [0.3, 0.4) is 0 Å². The third-order valence-electron chi connectivity index (χ3n) is 4.53. The smallest absolute Gasteiger partial charge is 0.321 e. The topological polar surface area (TPSA) is 52.6 Å². The summed E-state index contributed by atoms with van der Waals surface area (Å²) in [5.74, 6) is -0.315.